The molecule has 2 fully saturated rings. The maximum absolute atomic E-state index is 3.62. The third-order valence-electron chi connectivity index (χ3n) is 3.06. The van der Waals surface area contributed by atoms with E-state index in [1.54, 1.807) is 0 Å². The van der Waals surface area contributed by atoms with Crippen molar-refractivity contribution in [2.45, 2.75) is 38.6 Å². The molecule has 1 saturated carbocycles. The molecule has 1 aliphatic carbocycles. The summed E-state index contributed by atoms with van der Waals surface area (Å²) in [4.78, 5) is 0. The molecule has 2 atom stereocenters. The molecule has 0 radical (unpaired) electrons. The Morgan fingerprint density at radius 3 is 2.70 bits per heavy atom. The molecule has 1 aliphatic heterocycles. The van der Waals surface area contributed by atoms with Gasteiger partial charge in [-0.1, -0.05) is 13.3 Å². The van der Waals surface area contributed by atoms with Crippen molar-refractivity contribution in [3.05, 3.63) is 0 Å². The van der Waals surface area contributed by atoms with Crippen LogP contribution in [0.25, 0.3) is 0 Å². The zero-order valence-electron chi connectivity index (χ0n) is 6.77. The van der Waals surface area contributed by atoms with Gasteiger partial charge in [-0.15, -0.1) is 0 Å². The van der Waals surface area contributed by atoms with Crippen LogP contribution < -0.4 is 5.32 Å². The van der Waals surface area contributed by atoms with E-state index >= 15 is 0 Å². The molecule has 2 rings (SSSR count). The van der Waals surface area contributed by atoms with Crippen molar-refractivity contribution in [2.24, 2.45) is 11.8 Å². The predicted molar refractivity (Wildman–Crippen MR) is 42.9 cm³/mol. The van der Waals surface area contributed by atoms with E-state index in [1.807, 2.05) is 0 Å². The molecule has 0 aromatic heterocycles. The Labute approximate surface area is 63.2 Å². The van der Waals surface area contributed by atoms with Crippen LogP contribution in [0.5, 0.6) is 0 Å². The molecule has 1 nitrogen and oxygen atoms in total. The molecule has 1 heterocycles. The highest BCUT2D eigenvalue weighted by molar-refractivity contribution is 4.94. The van der Waals surface area contributed by atoms with Crippen LogP contribution in [0.15, 0.2) is 0 Å². The first-order valence-electron chi connectivity index (χ1n) is 4.65. The smallest absolute Gasteiger partial charge is 0.0124 e. The van der Waals surface area contributed by atoms with Crippen molar-refractivity contribution in [1.29, 1.82) is 0 Å². The summed E-state index contributed by atoms with van der Waals surface area (Å²) in [7, 11) is 0. The first-order chi connectivity index (χ1) is 4.92. The molecule has 0 bridgehead atoms. The Morgan fingerprint density at radius 1 is 1.30 bits per heavy atom. The van der Waals surface area contributed by atoms with Crippen molar-refractivity contribution in [1.82, 2.24) is 5.32 Å². The first kappa shape index (κ1) is 6.66. The summed E-state index contributed by atoms with van der Waals surface area (Å²) in [6.07, 6.45) is 5.80. The molecule has 2 unspecified atom stereocenters. The molecule has 10 heavy (non-hydrogen) atoms. The van der Waals surface area contributed by atoms with Crippen molar-refractivity contribution in [3.63, 3.8) is 0 Å². The summed E-state index contributed by atoms with van der Waals surface area (Å²) in [5.74, 6) is 2.07. The first-order valence-corrected chi connectivity index (χ1v) is 4.65. The largest absolute Gasteiger partial charge is 0.313 e. The van der Waals surface area contributed by atoms with Gasteiger partial charge in [-0.05, 0) is 37.6 Å². The van der Waals surface area contributed by atoms with Crippen LogP contribution in [0.1, 0.15) is 32.6 Å². The van der Waals surface area contributed by atoms with Crippen LogP contribution >= 0.6 is 0 Å². The maximum atomic E-state index is 3.62. The quantitative estimate of drug-likeness (QED) is 0.615. The van der Waals surface area contributed by atoms with Crippen LogP contribution in [0.3, 0.4) is 0 Å². The maximum Gasteiger partial charge on any atom is 0.0124 e. The van der Waals surface area contributed by atoms with Crippen molar-refractivity contribution in [3.8, 4) is 0 Å². The third-order valence-corrected chi connectivity index (χ3v) is 3.06. The highest BCUT2D eigenvalue weighted by atomic mass is 15.0. The topological polar surface area (TPSA) is 12.0 Å². The molecule has 0 spiro atoms. The Hall–Kier alpha value is -0.0400. The Balaban J connectivity index is 1.91. The van der Waals surface area contributed by atoms with Crippen molar-refractivity contribution >= 4 is 0 Å². The lowest BCUT2D eigenvalue weighted by Crippen LogP contribution is -2.28. The van der Waals surface area contributed by atoms with Gasteiger partial charge in [0.1, 0.15) is 0 Å². The second kappa shape index (κ2) is 2.54. The lowest BCUT2D eigenvalue weighted by molar-refractivity contribution is 0.397. The number of nitrogens with one attached hydrogen (secondary N) is 1. The molecule has 2 aliphatic rings. The summed E-state index contributed by atoms with van der Waals surface area (Å²) in [5.41, 5.74) is 0. The van der Waals surface area contributed by atoms with Gasteiger partial charge in [-0.25, -0.2) is 0 Å². The number of hydrogen-bond acceptors (Lipinski definition) is 1. The molecule has 0 aromatic rings. The van der Waals surface area contributed by atoms with E-state index in [-0.39, 0.29) is 0 Å². The summed E-state index contributed by atoms with van der Waals surface area (Å²) in [6.45, 7) is 3.60. The minimum atomic E-state index is 0.907. The van der Waals surface area contributed by atoms with E-state index in [9.17, 15) is 0 Å². The van der Waals surface area contributed by atoms with E-state index < -0.39 is 0 Å². The van der Waals surface area contributed by atoms with E-state index in [2.05, 4.69) is 12.2 Å². The van der Waals surface area contributed by atoms with Gasteiger partial charge in [-0.2, -0.15) is 0 Å². The molecule has 1 N–H and O–H groups in total. The Morgan fingerprint density at radius 2 is 2.10 bits per heavy atom. The van der Waals surface area contributed by atoms with Gasteiger partial charge in [0.15, 0.2) is 0 Å². The average Bonchev–Trinajstić information content (AvgIpc) is 2.69. The normalized spacial score (nSPS) is 40.5. The molecule has 58 valence electrons. The molecule has 1 saturated heterocycles. The number of hydrogen-bond donors (Lipinski definition) is 1. The predicted octanol–water partition coefficient (Wildman–Crippen LogP) is 1.78. The lowest BCUT2D eigenvalue weighted by atomic mass is 9.95. The van der Waals surface area contributed by atoms with E-state index in [0.29, 0.717) is 0 Å². The van der Waals surface area contributed by atoms with Gasteiger partial charge in [0, 0.05) is 6.04 Å². The van der Waals surface area contributed by atoms with Crippen LogP contribution in [0.2, 0.25) is 0 Å². The lowest BCUT2D eigenvalue weighted by Gasteiger charge is -2.16. The van der Waals surface area contributed by atoms with Crippen molar-refractivity contribution < 1.29 is 0 Å². The Kier molecular flexibility index (Phi) is 1.69. The molecule has 0 amide bonds. The zero-order valence-corrected chi connectivity index (χ0v) is 6.77. The molecule has 0 aromatic carbocycles. The molecule has 1 heteroatoms. The van der Waals surface area contributed by atoms with Gasteiger partial charge < -0.3 is 5.32 Å². The fourth-order valence-electron chi connectivity index (χ4n) is 2.25. The van der Waals surface area contributed by atoms with Gasteiger partial charge in [0.25, 0.3) is 0 Å². The highest BCUT2D eigenvalue weighted by Crippen LogP contribution is 2.39. The standard InChI is InChI=1S/C9H17N/c1-2-7-5-6-10-9(7)8-3-4-8/h7-10H,2-6H2,1H3. The van der Waals surface area contributed by atoms with Crippen LogP contribution in [-0.4, -0.2) is 12.6 Å². The van der Waals surface area contributed by atoms with E-state index in [4.69, 9.17) is 0 Å². The monoisotopic (exact) mass is 139 g/mol. The SMILES string of the molecule is CCC1CCNC1C1CC1. The van der Waals surface area contributed by atoms with Gasteiger partial charge in [0.05, 0.1) is 0 Å². The van der Waals surface area contributed by atoms with Gasteiger partial charge >= 0.3 is 0 Å². The third kappa shape index (κ3) is 1.07. The molecular formula is C9H17N. The number of rotatable bonds is 2. The van der Waals surface area contributed by atoms with Gasteiger partial charge in [0.2, 0.25) is 0 Å². The highest BCUT2D eigenvalue weighted by Gasteiger charge is 2.37. The summed E-state index contributed by atoms with van der Waals surface area (Å²) in [5, 5.41) is 3.62. The van der Waals surface area contributed by atoms with Crippen molar-refractivity contribution in [2.75, 3.05) is 6.54 Å². The second-order valence-electron chi connectivity index (χ2n) is 3.77. The average molecular weight is 139 g/mol. The second-order valence-corrected chi connectivity index (χ2v) is 3.77. The minimum Gasteiger partial charge on any atom is -0.313 e. The van der Waals surface area contributed by atoms with E-state index in [0.717, 1.165) is 17.9 Å². The molecular weight excluding hydrogens is 122 g/mol. The van der Waals surface area contributed by atoms with E-state index in [1.165, 1.54) is 32.2 Å². The summed E-state index contributed by atoms with van der Waals surface area (Å²) < 4.78 is 0. The Bertz CT molecular complexity index is 118. The minimum absolute atomic E-state index is 0.907. The van der Waals surface area contributed by atoms with Crippen LogP contribution in [0, 0.1) is 11.8 Å². The summed E-state index contributed by atoms with van der Waals surface area (Å²) >= 11 is 0. The fraction of sp³-hybridized carbons (Fsp3) is 1.00. The zero-order chi connectivity index (χ0) is 6.97. The van der Waals surface area contributed by atoms with Crippen LogP contribution in [0.4, 0.5) is 0 Å². The van der Waals surface area contributed by atoms with Gasteiger partial charge in [-0.3, -0.25) is 0 Å². The fourth-order valence-corrected chi connectivity index (χ4v) is 2.25. The van der Waals surface area contributed by atoms with Crippen LogP contribution in [-0.2, 0) is 0 Å². The summed E-state index contributed by atoms with van der Waals surface area (Å²) in [6, 6.07) is 0.907.